The van der Waals surface area contributed by atoms with Crippen LogP contribution in [0.25, 0.3) is 0 Å². The van der Waals surface area contributed by atoms with Crippen LogP contribution in [0.1, 0.15) is 213 Å². The highest BCUT2D eigenvalue weighted by molar-refractivity contribution is 5.69. The van der Waals surface area contributed by atoms with Gasteiger partial charge in [0.15, 0.2) is 0 Å². The van der Waals surface area contributed by atoms with Gasteiger partial charge in [0.1, 0.15) is 6.10 Å². The molecule has 0 aliphatic heterocycles. The van der Waals surface area contributed by atoms with Crippen molar-refractivity contribution in [1.82, 2.24) is 0 Å². The molecule has 0 aromatic heterocycles. The number of esters is 1. The summed E-state index contributed by atoms with van der Waals surface area (Å²) < 4.78 is 5.88. The van der Waals surface area contributed by atoms with Gasteiger partial charge in [-0.2, -0.15) is 0 Å². The molecule has 248 valence electrons. The van der Waals surface area contributed by atoms with Crippen LogP contribution in [0.3, 0.4) is 0 Å². The van der Waals surface area contributed by atoms with E-state index in [1.54, 1.807) is 0 Å². The molecule has 0 spiro atoms. The van der Waals surface area contributed by atoms with Gasteiger partial charge in [0, 0.05) is 12.8 Å². The molecule has 1 atom stereocenters. The van der Waals surface area contributed by atoms with Gasteiger partial charge in [-0.15, -0.1) is 0 Å². The maximum absolute atomic E-state index is 12.5. The first-order valence-corrected chi connectivity index (χ1v) is 18.7. The molecule has 4 heteroatoms. The molecule has 1 N–H and O–H groups in total. The molecule has 42 heavy (non-hydrogen) atoms. The van der Waals surface area contributed by atoms with E-state index < -0.39 is 5.97 Å². The van der Waals surface area contributed by atoms with Crippen molar-refractivity contribution in [3.05, 3.63) is 12.2 Å². The first-order chi connectivity index (χ1) is 20.6. The van der Waals surface area contributed by atoms with Crippen LogP contribution in [0.5, 0.6) is 0 Å². The number of carboxylic acids is 1. The second kappa shape index (κ2) is 34.2. The van der Waals surface area contributed by atoms with E-state index >= 15 is 0 Å². The summed E-state index contributed by atoms with van der Waals surface area (Å²) >= 11 is 0. The second-order valence-corrected chi connectivity index (χ2v) is 12.8. The topological polar surface area (TPSA) is 63.6 Å². The Hall–Kier alpha value is -1.32. The number of allylic oxidation sites excluding steroid dienone is 2. The first kappa shape index (κ1) is 40.7. The van der Waals surface area contributed by atoms with Gasteiger partial charge in [0.05, 0.1) is 0 Å². The average Bonchev–Trinajstić information content (AvgIpc) is 2.97. The highest BCUT2D eigenvalue weighted by atomic mass is 16.5. The van der Waals surface area contributed by atoms with Gasteiger partial charge in [0.2, 0.25) is 0 Å². The van der Waals surface area contributed by atoms with E-state index in [4.69, 9.17) is 9.84 Å². The van der Waals surface area contributed by atoms with Gasteiger partial charge in [0.25, 0.3) is 0 Å². The maximum Gasteiger partial charge on any atom is 0.306 e. The Morgan fingerprint density at radius 1 is 0.500 bits per heavy atom. The van der Waals surface area contributed by atoms with E-state index in [0.717, 1.165) is 38.5 Å². The molecule has 0 heterocycles. The van der Waals surface area contributed by atoms with Gasteiger partial charge in [-0.1, -0.05) is 148 Å². The number of carbonyl (C=O) groups excluding carboxylic acids is 1. The SMILES string of the molecule is CCCCCCCC/C=C\CCCCCCCCCC(=O)OC(CCCCCCCCCCCC)CCCCC(=O)O. The molecule has 0 bridgehead atoms. The number of aliphatic carboxylic acids is 1. The molecule has 0 rings (SSSR count). The third-order valence-corrected chi connectivity index (χ3v) is 8.49. The summed E-state index contributed by atoms with van der Waals surface area (Å²) in [5.74, 6) is -0.799. The van der Waals surface area contributed by atoms with E-state index in [9.17, 15) is 9.59 Å². The summed E-state index contributed by atoms with van der Waals surface area (Å²) in [6.45, 7) is 4.53. The lowest BCUT2D eigenvalue weighted by atomic mass is 10.0. The number of ether oxygens (including phenoxy) is 1. The van der Waals surface area contributed by atoms with Crippen molar-refractivity contribution in [3.8, 4) is 0 Å². The van der Waals surface area contributed by atoms with Gasteiger partial charge in [-0.3, -0.25) is 9.59 Å². The van der Waals surface area contributed by atoms with Gasteiger partial charge < -0.3 is 9.84 Å². The van der Waals surface area contributed by atoms with Crippen molar-refractivity contribution in [3.63, 3.8) is 0 Å². The van der Waals surface area contributed by atoms with Crippen LogP contribution < -0.4 is 0 Å². The molecule has 0 radical (unpaired) electrons. The van der Waals surface area contributed by atoms with Crippen molar-refractivity contribution in [2.45, 2.75) is 219 Å². The maximum atomic E-state index is 12.5. The fraction of sp³-hybridized carbons (Fsp3) is 0.895. The quantitative estimate of drug-likeness (QED) is 0.0458. The molecule has 0 saturated heterocycles. The predicted octanol–water partition coefficient (Wildman–Crippen LogP) is 12.7. The highest BCUT2D eigenvalue weighted by Gasteiger charge is 2.14. The van der Waals surface area contributed by atoms with Gasteiger partial charge in [-0.25, -0.2) is 0 Å². The number of hydrogen-bond donors (Lipinski definition) is 1. The van der Waals surface area contributed by atoms with Gasteiger partial charge >= 0.3 is 11.9 Å². The molecule has 1 unspecified atom stereocenters. The minimum absolute atomic E-state index is 0.0415. The molecule has 4 nitrogen and oxygen atoms in total. The van der Waals surface area contributed by atoms with Crippen LogP contribution in [0.4, 0.5) is 0 Å². The Balaban J connectivity index is 3.84. The molecule has 0 amide bonds. The Bertz CT molecular complexity index is 600. The summed E-state index contributed by atoms with van der Waals surface area (Å²) in [6.07, 6.45) is 40.8. The number of rotatable bonds is 34. The molecule has 0 aromatic rings. The molecule has 0 fully saturated rings. The Kier molecular flexibility index (Phi) is 33.1. The zero-order chi connectivity index (χ0) is 30.8. The summed E-state index contributed by atoms with van der Waals surface area (Å²) in [6, 6.07) is 0. The Labute approximate surface area is 262 Å². The van der Waals surface area contributed by atoms with Crippen molar-refractivity contribution in [2.24, 2.45) is 0 Å². The zero-order valence-electron chi connectivity index (χ0n) is 28.3. The monoisotopic (exact) mass is 593 g/mol. The van der Waals surface area contributed by atoms with E-state index in [2.05, 4.69) is 26.0 Å². The van der Waals surface area contributed by atoms with Crippen molar-refractivity contribution in [1.29, 1.82) is 0 Å². The van der Waals surface area contributed by atoms with Crippen LogP contribution in [-0.2, 0) is 14.3 Å². The van der Waals surface area contributed by atoms with Crippen LogP contribution in [-0.4, -0.2) is 23.1 Å². The number of carbonyl (C=O) groups is 2. The van der Waals surface area contributed by atoms with Crippen molar-refractivity contribution < 1.29 is 19.4 Å². The lowest BCUT2D eigenvalue weighted by Gasteiger charge is -2.18. The van der Waals surface area contributed by atoms with Crippen LogP contribution in [0.15, 0.2) is 12.2 Å². The minimum Gasteiger partial charge on any atom is -0.481 e. The van der Waals surface area contributed by atoms with Crippen molar-refractivity contribution >= 4 is 11.9 Å². The highest BCUT2D eigenvalue weighted by Crippen LogP contribution is 2.18. The molecule has 0 aliphatic rings. The third kappa shape index (κ3) is 33.2. The fourth-order valence-electron chi connectivity index (χ4n) is 5.71. The Morgan fingerprint density at radius 2 is 0.857 bits per heavy atom. The fourth-order valence-corrected chi connectivity index (χ4v) is 5.71. The second-order valence-electron chi connectivity index (χ2n) is 12.8. The lowest BCUT2D eigenvalue weighted by Crippen LogP contribution is -2.18. The van der Waals surface area contributed by atoms with E-state index in [0.29, 0.717) is 12.8 Å². The van der Waals surface area contributed by atoms with Crippen LogP contribution >= 0.6 is 0 Å². The van der Waals surface area contributed by atoms with E-state index in [1.165, 1.54) is 141 Å². The van der Waals surface area contributed by atoms with Gasteiger partial charge in [-0.05, 0) is 64.2 Å². The van der Waals surface area contributed by atoms with E-state index in [1.807, 2.05) is 0 Å². The molecular formula is C38H72O4. The standard InChI is InChI=1S/C38H72O4/c1-3-5-7-9-11-13-15-16-17-18-19-20-21-23-25-27-29-35-38(41)42-36(33-30-31-34-37(39)40)32-28-26-24-22-14-12-10-8-6-4-2/h16-17,36H,3-15,18-35H2,1-2H3,(H,39,40)/b17-16-. The number of hydrogen-bond acceptors (Lipinski definition) is 3. The van der Waals surface area contributed by atoms with E-state index in [-0.39, 0.29) is 18.5 Å². The summed E-state index contributed by atoms with van der Waals surface area (Å²) in [7, 11) is 0. The Morgan fingerprint density at radius 3 is 1.31 bits per heavy atom. The number of unbranched alkanes of at least 4 members (excludes halogenated alkanes) is 23. The van der Waals surface area contributed by atoms with Crippen molar-refractivity contribution in [2.75, 3.05) is 0 Å². The molecular weight excluding hydrogens is 520 g/mol. The summed E-state index contributed by atoms with van der Waals surface area (Å²) in [5, 5.41) is 8.92. The summed E-state index contributed by atoms with van der Waals surface area (Å²) in [4.78, 5) is 23.4. The van der Waals surface area contributed by atoms with Crippen LogP contribution in [0.2, 0.25) is 0 Å². The smallest absolute Gasteiger partial charge is 0.306 e. The largest absolute Gasteiger partial charge is 0.481 e. The summed E-state index contributed by atoms with van der Waals surface area (Å²) in [5.41, 5.74) is 0. The first-order valence-electron chi connectivity index (χ1n) is 18.7. The zero-order valence-corrected chi connectivity index (χ0v) is 28.3. The predicted molar refractivity (Wildman–Crippen MR) is 181 cm³/mol. The lowest BCUT2D eigenvalue weighted by molar-refractivity contribution is -0.150. The molecule has 0 aliphatic carbocycles. The third-order valence-electron chi connectivity index (χ3n) is 8.49. The average molecular weight is 593 g/mol. The normalized spacial score (nSPS) is 12.2. The minimum atomic E-state index is -0.742. The van der Waals surface area contributed by atoms with Crippen LogP contribution in [0, 0.1) is 0 Å². The molecule has 0 aromatic carbocycles. The number of carboxylic acid groups (broad SMARTS) is 1. The molecule has 0 saturated carbocycles.